The molecule has 2 aromatic carbocycles. The van der Waals surface area contributed by atoms with Gasteiger partial charge < -0.3 is 10.2 Å². The van der Waals surface area contributed by atoms with E-state index in [-0.39, 0.29) is 11.3 Å². The summed E-state index contributed by atoms with van der Waals surface area (Å²) in [6.07, 6.45) is 1.00. The van der Waals surface area contributed by atoms with Crippen molar-refractivity contribution in [3.63, 3.8) is 0 Å². The van der Waals surface area contributed by atoms with Crippen LogP contribution in [0, 0.1) is 11.3 Å². The zero-order chi connectivity index (χ0) is 19.3. The van der Waals surface area contributed by atoms with Crippen molar-refractivity contribution in [2.24, 2.45) is 0 Å². The number of nitrogens with one attached hydrogen (secondary N) is 1. The number of benzene rings is 2. The van der Waals surface area contributed by atoms with Crippen LogP contribution in [-0.4, -0.2) is 41.2 Å². The fraction of sp³-hybridized carbons (Fsp3) is 0.222. The molecule has 0 heterocycles. The van der Waals surface area contributed by atoms with E-state index in [1.165, 1.54) is 12.1 Å². The Kier molecular flexibility index (Phi) is 5.85. The van der Waals surface area contributed by atoms with Gasteiger partial charge in [0, 0.05) is 25.5 Å². The van der Waals surface area contributed by atoms with Crippen molar-refractivity contribution in [3.05, 3.63) is 54.1 Å². The van der Waals surface area contributed by atoms with Crippen molar-refractivity contribution < 1.29 is 13.2 Å². The maximum Gasteiger partial charge on any atom is 0.245 e. The van der Waals surface area contributed by atoms with E-state index in [1.54, 1.807) is 24.3 Å². The fourth-order valence-corrected chi connectivity index (χ4v) is 3.21. The second kappa shape index (κ2) is 7.89. The van der Waals surface area contributed by atoms with E-state index < -0.39 is 22.5 Å². The van der Waals surface area contributed by atoms with Gasteiger partial charge in [0.1, 0.15) is 12.6 Å². The van der Waals surface area contributed by atoms with Gasteiger partial charge >= 0.3 is 0 Å². The van der Waals surface area contributed by atoms with Crippen LogP contribution in [0.2, 0.25) is 0 Å². The summed E-state index contributed by atoms with van der Waals surface area (Å²) >= 11 is 0. The number of carbonyl (C=O) groups excluding carboxylic acids is 1. The van der Waals surface area contributed by atoms with Gasteiger partial charge in [-0.15, -0.1) is 0 Å². The van der Waals surface area contributed by atoms with Gasteiger partial charge in [-0.2, -0.15) is 5.26 Å². The van der Waals surface area contributed by atoms with Gasteiger partial charge in [0.05, 0.1) is 17.5 Å². The van der Waals surface area contributed by atoms with E-state index in [9.17, 15) is 18.5 Å². The van der Waals surface area contributed by atoms with Crippen LogP contribution in [0.25, 0.3) is 0 Å². The summed E-state index contributed by atoms with van der Waals surface area (Å²) in [5.74, 6) is -0.499. The minimum absolute atomic E-state index is 0.176. The Labute approximate surface area is 153 Å². The minimum Gasteiger partial charge on any atom is -0.378 e. The van der Waals surface area contributed by atoms with E-state index in [0.717, 1.165) is 16.2 Å². The fourth-order valence-electron chi connectivity index (χ4n) is 2.34. The highest BCUT2D eigenvalue weighted by Crippen LogP contribution is 2.22. The zero-order valence-electron chi connectivity index (χ0n) is 14.8. The van der Waals surface area contributed by atoms with Crippen LogP contribution >= 0.6 is 0 Å². The number of carbonyl (C=O) groups is 1. The first-order chi connectivity index (χ1) is 12.2. The average Bonchev–Trinajstić information content (AvgIpc) is 2.59. The van der Waals surface area contributed by atoms with Crippen molar-refractivity contribution in [3.8, 4) is 6.07 Å². The van der Waals surface area contributed by atoms with Crippen LogP contribution in [-0.2, 0) is 14.8 Å². The molecule has 136 valence electrons. The molecule has 0 saturated heterocycles. The normalized spacial score (nSPS) is 10.7. The maximum atomic E-state index is 12.4. The van der Waals surface area contributed by atoms with E-state index in [0.29, 0.717) is 5.69 Å². The number of sulfonamides is 1. The molecular weight excluding hydrogens is 352 g/mol. The molecule has 0 saturated carbocycles. The van der Waals surface area contributed by atoms with E-state index >= 15 is 0 Å². The lowest BCUT2D eigenvalue weighted by Crippen LogP contribution is -2.37. The number of amides is 1. The molecule has 26 heavy (non-hydrogen) atoms. The molecule has 2 aromatic rings. The van der Waals surface area contributed by atoms with E-state index in [1.807, 2.05) is 37.2 Å². The van der Waals surface area contributed by atoms with Gasteiger partial charge in [-0.1, -0.05) is 12.1 Å². The molecule has 0 spiro atoms. The topological polar surface area (TPSA) is 93.5 Å². The second-order valence-corrected chi connectivity index (χ2v) is 7.79. The summed E-state index contributed by atoms with van der Waals surface area (Å²) in [4.78, 5) is 14.3. The lowest BCUT2D eigenvalue weighted by atomic mass is 10.2. The third kappa shape index (κ3) is 4.74. The van der Waals surface area contributed by atoms with Gasteiger partial charge in [-0.25, -0.2) is 8.42 Å². The number of hydrogen-bond donors (Lipinski definition) is 1. The van der Waals surface area contributed by atoms with Gasteiger partial charge in [-0.3, -0.25) is 9.10 Å². The summed E-state index contributed by atoms with van der Waals surface area (Å²) in [6, 6.07) is 15.4. The first-order valence-electron chi connectivity index (χ1n) is 7.76. The molecule has 0 aliphatic heterocycles. The molecule has 0 aliphatic rings. The van der Waals surface area contributed by atoms with E-state index in [2.05, 4.69) is 5.32 Å². The molecule has 0 fully saturated rings. The lowest BCUT2D eigenvalue weighted by molar-refractivity contribution is -0.114. The highest BCUT2D eigenvalue weighted by molar-refractivity contribution is 7.92. The lowest BCUT2D eigenvalue weighted by Gasteiger charge is -2.22. The van der Waals surface area contributed by atoms with Gasteiger partial charge in [0.2, 0.25) is 15.9 Å². The number of para-hydroxylation sites is 1. The molecule has 8 heteroatoms. The van der Waals surface area contributed by atoms with Gasteiger partial charge in [0.25, 0.3) is 0 Å². The Morgan fingerprint density at radius 2 is 1.73 bits per heavy atom. The Balaban J connectivity index is 2.21. The SMILES string of the molecule is CN(C)c1ccc(NC(=O)CN(c2ccccc2C#N)S(C)(=O)=O)cc1. The Morgan fingerprint density at radius 3 is 2.27 bits per heavy atom. The molecule has 1 amide bonds. The molecule has 0 radical (unpaired) electrons. The van der Waals surface area contributed by atoms with E-state index in [4.69, 9.17) is 0 Å². The number of hydrogen-bond acceptors (Lipinski definition) is 5. The number of rotatable bonds is 6. The number of nitrogens with zero attached hydrogens (tertiary/aromatic N) is 3. The third-order valence-electron chi connectivity index (χ3n) is 3.65. The van der Waals surface area contributed by atoms with Crippen LogP contribution in [0.4, 0.5) is 17.1 Å². The Morgan fingerprint density at radius 1 is 1.12 bits per heavy atom. The van der Waals surface area contributed by atoms with Gasteiger partial charge in [-0.05, 0) is 36.4 Å². The van der Waals surface area contributed by atoms with Crippen molar-refractivity contribution in [2.45, 2.75) is 0 Å². The van der Waals surface area contributed by atoms with Crippen molar-refractivity contribution in [1.29, 1.82) is 5.26 Å². The molecule has 0 aromatic heterocycles. The average molecular weight is 372 g/mol. The van der Waals surface area contributed by atoms with Crippen molar-refractivity contribution in [2.75, 3.05) is 41.4 Å². The molecular formula is C18H20N4O3S. The predicted octanol–water partition coefficient (Wildman–Crippen LogP) is 2.03. The first kappa shape index (κ1) is 19.3. The number of nitriles is 1. The monoisotopic (exact) mass is 372 g/mol. The number of anilines is 3. The van der Waals surface area contributed by atoms with Crippen LogP contribution in [0.15, 0.2) is 48.5 Å². The summed E-state index contributed by atoms with van der Waals surface area (Å²) < 4.78 is 25.2. The molecule has 7 nitrogen and oxygen atoms in total. The zero-order valence-corrected chi connectivity index (χ0v) is 15.6. The maximum absolute atomic E-state index is 12.4. The largest absolute Gasteiger partial charge is 0.378 e. The molecule has 2 rings (SSSR count). The van der Waals surface area contributed by atoms with Crippen molar-refractivity contribution in [1.82, 2.24) is 0 Å². The van der Waals surface area contributed by atoms with Gasteiger partial charge in [0.15, 0.2) is 0 Å². The quantitative estimate of drug-likeness (QED) is 0.837. The molecule has 1 N–H and O–H groups in total. The first-order valence-corrected chi connectivity index (χ1v) is 9.61. The second-order valence-electron chi connectivity index (χ2n) is 5.89. The molecule has 0 atom stereocenters. The summed E-state index contributed by atoms with van der Waals surface area (Å²) in [6.45, 7) is -0.424. The Bertz CT molecular complexity index is 932. The highest BCUT2D eigenvalue weighted by Gasteiger charge is 2.23. The summed E-state index contributed by atoms with van der Waals surface area (Å²) in [5.41, 5.74) is 1.89. The molecule has 0 bridgehead atoms. The summed E-state index contributed by atoms with van der Waals surface area (Å²) in [7, 11) is 0.0728. The van der Waals surface area contributed by atoms with Crippen LogP contribution in [0.3, 0.4) is 0 Å². The summed E-state index contributed by atoms with van der Waals surface area (Å²) in [5, 5.41) is 11.9. The molecule has 0 unspecified atom stereocenters. The smallest absolute Gasteiger partial charge is 0.245 e. The Hall–Kier alpha value is -3.05. The highest BCUT2D eigenvalue weighted by atomic mass is 32.2. The standard InChI is InChI=1S/C18H20N4O3S/c1-21(2)16-10-8-15(9-11-16)20-18(23)13-22(26(3,24)25)17-7-5-4-6-14(17)12-19/h4-11H,13H2,1-3H3,(H,20,23). The minimum atomic E-state index is -3.74. The van der Waals surface area contributed by atoms with Crippen LogP contribution in [0.5, 0.6) is 0 Å². The predicted molar refractivity (Wildman–Crippen MR) is 103 cm³/mol. The van der Waals surface area contributed by atoms with Crippen LogP contribution in [0.1, 0.15) is 5.56 Å². The van der Waals surface area contributed by atoms with Crippen molar-refractivity contribution >= 4 is 33.0 Å². The van der Waals surface area contributed by atoms with Crippen LogP contribution < -0.4 is 14.5 Å². The molecule has 0 aliphatic carbocycles. The third-order valence-corrected chi connectivity index (χ3v) is 4.77.